The number of nitrogen functional groups attached to an aromatic ring is 1. The Morgan fingerprint density at radius 2 is 2.03 bits per heavy atom. The SMILES string of the molecule is Bc1cc(NC(=O)C(C)C2OCCN(C(=N)/C(F)=C\NC(/C=C\C(C)=O)=C/C)C2=O)ccc1C(=N)N. The van der Waals surface area contributed by atoms with Crippen molar-refractivity contribution in [3.8, 4) is 0 Å². The summed E-state index contributed by atoms with van der Waals surface area (Å²) < 4.78 is 20.2. The average Bonchev–Trinajstić information content (AvgIpc) is 2.82. The standard InChI is InChI=1S/C24H30BFN6O4/c1-4-15(6-5-13(2)33)30-12-19(26)22(29)32-9-10-36-20(24(32)35)14(3)23(34)31-16-7-8-17(21(27)28)18(25)11-16/h4-8,11-12,14,20,29-30H,9-10,25H2,1-3H3,(H3,27,28)(H,31,34)/b6-5-,15-4+,19-12+,29-22?. The Balaban J connectivity index is 2.08. The van der Waals surface area contributed by atoms with Crippen LogP contribution in [-0.2, 0) is 19.1 Å². The van der Waals surface area contributed by atoms with E-state index in [1.165, 1.54) is 26.0 Å². The number of carbonyl (C=O) groups excluding carboxylic acids is 3. The minimum absolute atomic E-state index is 0.0188. The Morgan fingerprint density at radius 3 is 2.61 bits per heavy atom. The molecule has 0 aromatic heterocycles. The predicted molar refractivity (Wildman–Crippen MR) is 139 cm³/mol. The van der Waals surface area contributed by atoms with Crippen molar-refractivity contribution >= 4 is 48.3 Å². The van der Waals surface area contributed by atoms with Gasteiger partial charge >= 0.3 is 0 Å². The second kappa shape index (κ2) is 12.6. The van der Waals surface area contributed by atoms with Crippen LogP contribution >= 0.6 is 0 Å². The quantitative estimate of drug-likeness (QED) is 0.110. The topological polar surface area (TPSA) is 161 Å². The first kappa shape index (κ1) is 28.2. The summed E-state index contributed by atoms with van der Waals surface area (Å²) in [5, 5.41) is 21.0. The zero-order valence-electron chi connectivity index (χ0n) is 20.6. The van der Waals surface area contributed by atoms with Crippen molar-refractivity contribution in [3.05, 3.63) is 59.7 Å². The Bertz CT molecular complexity index is 1160. The van der Waals surface area contributed by atoms with Crippen LogP contribution in [0.25, 0.3) is 0 Å². The largest absolute Gasteiger partial charge is 0.384 e. The van der Waals surface area contributed by atoms with Crippen LogP contribution in [0.15, 0.2) is 54.2 Å². The lowest BCUT2D eigenvalue weighted by molar-refractivity contribution is -0.154. The third kappa shape index (κ3) is 7.22. The highest BCUT2D eigenvalue weighted by Crippen LogP contribution is 2.20. The summed E-state index contributed by atoms with van der Waals surface area (Å²) in [4.78, 5) is 37.8. The minimum Gasteiger partial charge on any atom is -0.384 e. The van der Waals surface area contributed by atoms with Crippen molar-refractivity contribution in [2.75, 3.05) is 18.5 Å². The van der Waals surface area contributed by atoms with Crippen molar-refractivity contribution in [3.63, 3.8) is 0 Å². The Morgan fingerprint density at radius 1 is 1.33 bits per heavy atom. The van der Waals surface area contributed by atoms with Crippen molar-refractivity contribution < 1.29 is 23.5 Å². The number of halogens is 1. The fourth-order valence-electron chi connectivity index (χ4n) is 3.40. The fraction of sp³-hybridized carbons (Fsp3) is 0.292. The maximum atomic E-state index is 14.7. The van der Waals surface area contributed by atoms with Crippen LogP contribution in [-0.4, -0.2) is 61.3 Å². The van der Waals surface area contributed by atoms with Gasteiger partial charge in [-0.15, -0.1) is 0 Å². The summed E-state index contributed by atoms with van der Waals surface area (Å²) in [6.45, 7) is 4.55. The zero-order valence-corrected chi connectivity index (χ0v) is 20.6. The summed E-state index contributed by atoms with van der Waals surface area (Å²) in [6, 6.07) is 4.86. The monoisotopic (exact) mass is 496 g/mol. The smallest absolute Gasteiger partial charge is 0.258 e. The second-order valence-electron chi connectivity index (χ2n) is 8.18. The minimum atomic E-state index is -1.21. The zero-order chi connectivity index (χ0) is 27.0. The van der Waals surface area contributed by atoms with Crippen LogP contribution < -0.4 is 21.8 Å². The number of hydrogen-bond acceptors (Lipinski definition) is 7. The summed E-state index contributed by atoms with van der Waals surface area (Å²) >= 11 is 0. The highest BCUT2D eigenvalue weighted by molar-refractivity contribution is 6.37. The maximum absolute atomic E-state index is 14.7. The Kier molecular flexibility index (Phi) is 9.86. The molecule has 1 saturated heterocycles. The predicted octanol–water partition coefficient (Wildman–Crippen LogP) is 0.458. The van der Waals surface area contributed by atoms with Crippen LogP contribution in [0.3, 0.4) is 0 Å². The van der Waals surface area contributed by atoms with Crippen LogP contribution in [0.4, 0.5) is 10.1 Å². The number of anilines is 1. The van der Waals surface area contributed by atoms with E-state index in [0.29, 0.717) is 22.4 Å². The first-order valence-electron chi connectivity index (χ1n) is 11.2. The highest BCUT2D eigenvalue weighted by Gasteiger charge is 2.39. The molecule has 1 aliphatic heterocycles. The normalized spacial score (nSPS) is 17.6. The van der Waals surface area contributed by atoms with E-state index in [-0.39, 0.29) is 24.8 Å². The molecule has 0 bridgehead atoms. The Labute approximate surface area is 209 Å². The molecule has 0 aliphatic carbocycles. The van der Waals surface area contributed by atoms with Crippen LogP contribution in [0, 0.1) is 16.7 Å². The third-order valence-corrected chi connectivity index (χ3v) is 5.44. The number of morpholine rings is 1. The molecule has 6 N–H and O–H groups in total. The van der Waals surface area contributed by atoms with Crippen molar-refractivity contribution in [1.82, 2.24) is 10.2 Å². The number of amidine groups is 2. The summed E-state index contributed by atoms with van der Waals surface area (Å²) in [5.41, 5.74) is 7.65. The lowest BCUT2D eigenvalue weighted by atomic mass is 9.89. The van der Waals surface area contributed by atoms with E-state index < -0.39 is 35.5 Å². The van der Waals surface area contributed by atoms with Gasteiger partial charge in [-0.05, 0) is 44.2 Å². The number of nitrogens with zero attached hydrogens (tertiary/aromatic N) is 1. The Hall–Kier alpha value is -4.06. The van der Waals surface area contributed by atoms with Gasteiger partial charge in [0.25, 0.3) is 5.91 Å². The molecule has 12 heteroatoms. The van der Waals surface area contributed by atoms with E-state index in [1.807, 2.05) is 0 Å². The molecule has 1 aromatic rings. The molecule has 1 fully saturated rings. The number of hydrogen-bond donors (Lipinski definition) is 5. The van der Waals surface area contributed by atoms with E-state index in [4.69, 9.17) is 21.3 Å². The summed E-state index contributed by atoms with van der Waals surface area (Å²) in [5.74, 6) is -4.08. The highest BCUT2D eigenvalue weighted by atomic mass is 19.1. The molecule has 0 radical (unpaired) electrons. The molecule has 1 aliphatic rings. The molecular weight excluding hydrogens is 466 g/mol. The fourth-order valence-corrected chi connectivity index (χ4v) is 3.40. The molecule has 2 amide bonds. The van der Waals surface area contributed by atoms with Gasteiger partial charge in [0, 0.05) is 23.1 Å². The lowest BCUT2D eigenvalue weighted by Gasteiger charge is -2.34. The van der Waals surface area contributed by atoms with Gasteiger partial charge in [0.1, 0.15) is 19.8 Å². The molecule has 2 rings (SSSR count). The molecule has 10 nitrogen and oxygen atoms in total. The van der Waals surface area contributed by atoms with Gasteiger partial charge in [0.05, 0.1) is 19.1 Å². The second-order valence-corrected chi connectivity index (χ2v) is 8.18. The molecule has 1 heterocycles. The maximum Gasteiger partial charge on any atom is 0.258 e. The molecule has 2 unspecified atom stereocenters. The van der Waals surface area contributed by atoms with E-state index in [1.54, 1.807) is 39.0 Å². The third-order valence-electron chi connectivity index (χ3n) is 5.44. The van der Waals surface area contributed by atoms with Gasteiger partial charge in [0.2, 0.25) is 5.91 Å². The van der Waals surface area contributed by atoms with Gasteiger partial charge in [-0.2, -0.15) is 0 Å². The molecule has 0 saturated carbocycles. The molecule has 2 atom stereocenters. The first-order valence-corrected chi connectivity index (χ1v) is 11.2. The number of carbonyl (C=O) groups is 3. The number of nitrogens with two attached hydrogens (primary N) is 1. The number of benzene rings is 1. The van der Waals surface area contributed by atoms with Gasteiger partial charge < -0.3 is 21.1 Å². The number of nitrogens with one attached hydrogen (secondary N) is 4. The van der Waals surface area contributed by atoms with Crippen molar-refractivity contribution in [2.45, 2.75) is 26.9 Å². The molecule has 190 valence electrons. The van der Waals surface area contributed by atoms with Crippen molar-refractivity contribution in [1.29, 1.82) is 10.8 Å². The molecule has 0 spiro atoms. The number of ketones is 1. The van der Waals surface area contributed by atoms with Gasteiger partial charge in [0.15, 0.2) is 17.4 Å². The lowest BCUT2D eigenvalue weighted by Crippen LogP contribution is -2.54. The van der Waals surface area contributed by atoms with Crippen LogP contribution in [0.1, 0.15) is 26.3 Å². The first-order chi connectivity index (χ1) is 17.0. The molecular formula is C24H30BFN6O4. The van der Waals surface area contributed by atoms with E-state index >= 15 is 0 Å². The van der Waals surface area contributed by atoms with Crippen molar-refractivity contribution in [2.24, 2.45) is 11.7 Å². The number of allylic oxidation sites excluding steroid dienone is 3. The van der Waals surface area contributed by atoms with Gasteiger partial charge in [-0.3, -0.25) is 30.1 Å². The molecule has 36 heavy (non-hydrogen) atoms. The van der Waals surface area contributed by atoms with E-state index in [0.717, 1.165) is 11.1 Å². The van der Waals surface area contributed by atoms with Crippen LogP contribution in [0.5, 0.6) is 0 Å². The number of amides is 2. The summed E-state index contributed by atoms with van der Waals surface area (Å²) in [6.07, 6.45) is 4.09. The van der Waals surface area contributed by atoms with Gasteiger partial charge in [-0.25, -0.2) is 4.39 Å². The number of ether oxygens (including phenoxy) is 1. The average molecular weight is 496 g/mol. The van der Waals surface area contributed by atoms with E-state index in [2.05, 4.69) is 10.6 Å². The molecule has 1 aromatic carbocycles. The van der Waals surface area contributed by atoms with Gasteiger partial charge in [-0.1, -0.05) is 18.5 Å². The van der Waals surface area contributed by atoms with Crippen LogP contribution in [0.2, 0.25) is 0 Å². The van der Waals surface area contributed by atoms with E-state index in [9.17, 15) is 18.8 Å². The summed E-state index contributed by atoms with van der Waals surface area (Å²) in [7, 11) is 1.75. The number of rotatable bonds is 9.